The summed E-state index contributed by atoms with van der Waals surface area (Å²) < 4.78 is 2.06. The molecule has 0 aliphatic rings. The summed E-state index contributed by atoms with van der Waals surface area (Å²) >= 11 is 0. The summed E-state index contributed by atoms with van der Waals surface area (Å²) in [5.74, 6) is 0. The van der Waals surface area contributed by atoms with Gasteiger partial charge in [0.25, 0.3) is 0 Å². The minimum absolute atomic E-state index is 0.689. The van der Waals surface area contributed by atoms with E-state index in [-0.39, 0.29) is 0 Å². The average molecular weight is 223 g/mol. The van der Waals surface area contributed by atoms with Crippen LogP contribution >= 0.6 is 0 Å². The van der Waals surface area contributed by atoms with Crippen molar-refractivity contribution in [3.8, 4) is 5.69 Å². The molecule has 3 aromatic rings. The van der Waals surface area contributed by atoms with E-state index in [1.807, 2.05) is 48.8 Å². The number of aromatic amines is 1. The normalized spacial score (nSPS) is 10.6. The first-order valence-corrected chi connectivity index (χ1v) is 5.42. The molecule has 0 amide bonds. The first-order chi connectivity index (χ1) is 8.38. The van der Waals surface area contributed by atoms with Crippen LogP contribution in [0.2, 0.25) is 0 Å². The van der Waals surface area contributed by atoms with Crippen LogP contribution in [0.4, 0.5) is 0 Å². The van der Waals surface area contributed by atoms with Crippen LogP contribution in [0.15, 0.2) is 54.9 Å². The summed E-state index contributed by atoms with van der Waals surface area (Å²) in [4.78, 5) is 13.8. The Morgan fingerprint density at radius 3 is 2.53 bits per heavy atom. The molecule has 0 unspecified atom stereocenters. The molecule has 1 N–H and O–H groups in total. The molecule has 0 spiro atoms. The third kappa shape index (κ3) is 1.61. The molecule has 0 bridgehead atoms. The topological polar surface area (TPSA) is 36.7 Å². The van der Waals surface area contributed by atoms with E-state index in [0.29, 0.717) is 5.56 Å². The SMILES string of the molecule is O=Cc1ccc(-[n+]2c[nH]c3ccccc32)cc1. The first-order valence-electron chi connectivity index (χ1n) is 5.42. The molecule has 1 heterocycles. The minimum atomic E-state index is 0.689. The van der Waals surface area contributed by atoms with Gasteiger partial charge in [0.1, 0.15) is 12.0 Å². The van der Waals surface area contributed by atoms with Gasteiger partial charge < -0.3 is 0 Å². The lowest BCUT2D eigenvalue weighted by molar-refractivity contribution is -0.567. The molecule has 0 radical (unpaired) electrons. The molecular formula is C14H11N2O+. The second-order valence-corrected chi connectivity index (χ2v) is 3.87. The van der Waals surface area contributed by atoms with Gasteiger partial charge in [0.15, 0.2) is 11.0 Å². The lowest BCUT2D eigenvalue weighted by Crippen LogP contribution is -2.28. The van der Waals surface area contributed by atoms with Crippen molar-refractivity contribution in [2.45, 2.75) is 0 Å². The number of imidazole rings is 1. The van der Waals surface area contributed by atoms with Crippen molar-refractivity contribution < 1.29 is 9.36 Å². The lowest BCUT2D eigenvalue weighted by atomic mass is 10.2. The number of para-hydroxylation sites is 2. The molecule has 82 valence electrons. The Hall–Kier alpha value is -2.42. The van der Waals surface area contributed by atoms with Crippen molar-refractivity contribution in [2.24, 2.45) is 0 Å². The van der Waals surface area contributed by atoms with Gasteiger partial charge in [-0.3, -0.25) is 4.79 Å². The van der Waals surface area contributed by atoms with Crippen molar-refractivity contribution in [3.63, 3.8) is 0 Å². The van der Waals surface area contributed by atoms with Gasteiger partial charge in [-0.2, -0.15) is 4.57 Å². The van der Waals surface area contributed by atoms with Crippen LogP contribution < -0.4 is 4.57 Å². The van der Waals surface area contributed by atoms with Crippen LogP contribution in [-0.4, -0.2) is 11.3 Å². The van der Waals surface area contributed by atoms with Crippen molar-refractivity contribution in [2.75, 3.05) is 0 Å². The highest BCUT2D eigenvalue weighted by atomic mass is 16.1. The average Bonchev–Trinajstić information content (AvgIpc) is 2.83. The molecule has 3 rings (SSSR count). The van der Waals surface area contributed by atoms with E-state index in [4.69, 9.17) is 0 Å². The van der Waals surface area contributed by atoms with E-state index >= 15 is 0 Å². The summed E-state index contributed by atoms with van der Waals surface area (Å²) in [6.07, 6.45) is 2.77. The van der Waals surface area contributed by atoms with E-state index < -0.39 is 0 Å². The Bertz CT molecular complexity index is 668. The van der Waals surface area contributed by atoms with Crippen LogP contribution in [0.5, 0.6) is 0 Å². The Balaban J connectivity index is 2.16. The Morgan fingerprint density at radius 2 is 1.76 bits per heavy atom. The molecule has 2 aromatic carbocycles. The number of carbonyl (C=O) groups is 1. The van der Waals surface area contributed by atoms with E-state index in [1.54, 1.807) is 0 Å². The summed E-state index contributed by atoms with van der Waals surface area (Å²) in [7, 11) is 0. The second kappa shape index (κ2) is 3.87. The Morgan fingerprint density at radius 1 is 1.00 bits per heavy atom. The number of hydrogen-bond donors (Lipinski definition) is 1. The molecule has 1 aromatic heterocycles. The number of aldehydes is 1. The van der Waals surface area contributed by atoms with Gasteiger partial charge in [0, 0.05) is 5.56 Å². The summed E-state index contributed by atoms with van der Waals surface area (Å²) in [6.45, 7) is 0. The highest BCUT2D eigenvalue weighted by Crippen LogP contribution is 2.09. The van der Waals surface area contributed by atoms with E-state index in [9.17, 15) is 4.79 Å². The Labute approximate surface area is 98.3 Å². The maximum Gasteiger partial charge on any atom is 0.247 e. The molecule has 3 heteroatoms. The van der Waals surface area contributed by atoms with Crippen molar-refractivity contribution in [3.05, 3.63) is 60.4 Å². The number of H-pyrrole nitrogens is 1. The van der Waals surface area contributed by atoms with Gasteiger partial charge in [0.2, 0.25) is 6.33 Å². The number of rotatable bonds is 2. The largest absolute Gasteiger partial charge is 0.298 e. The van der Waals surface area contributed by atoms with Crippen LogP contribution in [0, 0.1) is 0 Å². The molecule has 0 atom stereocenters. The van der Waals surface area contributed by atoms with Crippen LogP contribution in [0.25, 0.3) is 16.7 Å². The van der Waals surface area contributed by atoms with Crippen molar-refractivity contribution >= 4 is 17.3 Å². The predicted octanol–water partition coefficient (Wildman–Crippen LogP) is 2.26. The maximum atomic E-state index is 10.6. The van der Waals surface area contributed by atoms with Gasteiger partial charge in [0.05, 0.1) is 0 Å². The fraction of sp³-hybridized carbons (Fsp3) is 0. The van der Waals surface area contributed by atoms with E-state index in [2.05, 4.69) is 15.6 Å². The Kier molecular flexibility index (Phi) is 2.22. The number of fused-ring (bicyclic) bond motifs is 1. The number of nitrogens with one attached hydrogen (secondary N) is 1. The van der Waals surface area contributed by atoms with Crippen molar-refractivity contribution in [1.82, 2.24) is 4.98 Å². The molecule has 3 nitrogen and oxygen atoms in total. The van der Waals surface area contributed by atoms with Crippen molar-refractivity contribution in [1.29, 1.82) is 0 Å². The molecule has 0 aliphatic carbocycles. The smallest absolute Gasteiger partial charge is 0.247 e. The number of nitrogens with zero attached hydrogens (tertiary/aromatic N) is 1. The highest BCUT2D eigenvalue weighted by molar-refractivity contribution is 5.75. The second-order valence-electron chi connectivity index (χ2n) is 3.87. The summed E-state index contributed by atoms with van der Waals surface area (Å²) in [6, 6.07) is 15.6. The van der Waals surface area contributed by atoms with Gasteiger partial charge in [-0.1, -0.05) is 12.1 Å². The third-order valence-electron chi connectivity index (χ3n) is 2.82. The summed E-state index contributed by atoms with van der Waals surface area (Å²) in [5, 5.41) is 0. The molecule has 0 aliphatic heterocycles. The van der Waals surface area contributed by atoms with Crippen LogP contribution in [-0.2, 0) is 0 Å². The van der Waals surface area contributed by atoms with Gasteiger partial charge in [-0.05, 0) is 36.4 Å². The predicted molar refractivity (Wildman–Crippen MR) is 65.2 cm³/mol. The zero-order valence-electron chi connectivity index (χ0n) is 9.13. The van der Waals surface area contributed by atoms with Crippen LogP contribution in [0.1, 0.15) is 10.4 Å². The molecular weight excluding hydrogens is 212 g/mol. The molecule has 17 heavy (non-hydrogen) atoms. The van der Waals surface area contributed by atoms with Gasteiger partial charge in [-0.15, -0.1) is 0 Å². The monoisotopic (exact) mass is 223 g/mol. The minimum Gasteiger partial charge on any atom is -0.298 e. The zero-order valence-corrected chi connectivity index (χ0v) is 9.13. The fourth-order valence-corrected chi connectivity index (χ4v) is 1.94. The van der Waals surface area contributed by atoms with Gasteiger partial charge in [-0.25, -0.2) is 4.98 Å². The number of benzene rings is 2. The van der Waals surface area contributed by atoms with Gasteiger partial charge >= 0.3 is 0 Å². The molecule has 0 fully saturated rings. The first kappa shape index (κ1) is 9.78. The molecule has 0 saturated heterocycles. The highest BCUT2D eigenvalue weighted by Gasteiger charge is 2.10. The number of carbonyl (C=O) groups excluding carboxylic acids is 1. The third-order valence-corrected chi connectivity index (χ3v) is 2.82. The lowest BCUT2D eigenvalue weighted by Gasteiger charge is -1.97. The molecule has 0 saturated carbocycles. The number of aromatic nitrogens is 2. The standard InChI is InChI=1S/C14H10N2O/c17-9-11-5-7-12(8-6-11)16-10-15-13-3-1-2-4-14(13)16/h1-10H/p+1. The fourth-order valence-electron chi connectivity index (χ4n) is 1.94. The quantitative estimate of drug-likeness (QED) is 0.525. The van der Waals surface area contributed by atoms with Crippen LogP contribution in [0.3, 0.4) is 0 Å². The maximum absolute atomic E-state index is 10.6. The summed E-state index contributed by atoms with van der Waals surface area (Å²) in [5.41, 5.74) is 3.93. The van der Waals surface area contributed by atoms with E-state index in [0.717, 1.165) is 23.0 Å². The van der Waals surface area contributed by atoms with E-state index in [1.165, 1.54) is 0 Å². The zero-order chi connectivity index (χ0) is 11.7. The number of hydrogen-bond acceptors (Lipinski definition) is 1.